The summed E-state index contributed by atoms with van der Waals surface area (Å²) in [6.07, 6.45) is 0.927. The molecular weight excluding hydrogens is 223 g/mol. The van der Waals surface area contributed by atoms with Gasteiger partial charge in [-0.3, -0.25) is 4.79 Å². The zero-order chi connectivity index (χ0) is 10.6. The summed E-state index contributed by atoms with van der Waals surface area (Å²) < 4.78 is 5.00. The van der Waals surface area contributed by atoms with E-state index in [1.54, 1.807) is 19.2 Å². The molecule has 0 radical (unpaired) electrons. The molecule has 0 fully saturated rings. The minimum absolute atomic E-state index is 0.324. The highest BCUT2D eigenvalue weighted by Crippen LogP contribution is 2.25. The summed E-state index contributed by atoms with van der Waals surface area (Å²) in [7, 11) is 1.56. The second-order valence-electron chi connectivity index (χ2n) is 2.82. The van der Waals surface area contributed by atoms with Crippen LogP contribution in [0.25, 0.3) is 0 Å². The summed E-state index contributed by atoms with van der Waals surface area (Å²) in [4.78, 5) is 10.5. The topological polar surface area (TPSA) is 26.3 Å². The third-order valence-electron chi connectivity index (χ3n) is 1.83. The summed E-state index contributed by atoms with van der Waals surface area (Å²) in [5, 5.41) is 0.212. The summed E-state index contributed by atoms with van der Waals surface area (Å²) >= 11 is 11.1. The van der Waals surface area contributed by atoms with Gasteiger partial charge in [0.1, 0.15) is 5.75 Å². The van der Waals surface area contributed by atoms with Crippen molar-refractivity contribution in [1.29, 1.82) is 0 Å². The number of hydrogen-bond acceptors (Lipinski definition) is 2. The number of rotatable bonds is 4. The molecule has 0 saturated carbocycles. The number of ether oxygens (including phenoxy) is 1. The number of benzene rings is 1. The fraction of sp³-hybridized carbons (Fsp3) is 0.300. The number of hydrogen-bond donors (Lipinski definition) is 0. The van der Waals surface area contributed by atoms with Gasteiger partial charge in [-0.25, -0.2) is 0 Å². The first-order chi connectivity index (χ1) is 6.63. The van der Waals surface area contributed by atoms with Crippen molar-refractivity contribution in [1.82, 2.24) is 0 Å². The van der Waals surface area contributed by atoms with E-state index in [1.165, 1.54) is 0 Å². The van der Waals surface area contributed by atoms with Crippen molar-refractivity contribution in [2.45, 2.75) is 12.8 Å². The van der Waals surface area contributed by atoms with Gasteiger partial charge in [0.15, 0.2) is 0 Å². The molecular formula is C10H10Cl2O2. The number of carbonyl (C=O) groups is 1. The van der Waals surface area contributed by atoms with Crippen LogP contribution < -0.4 is 4.74 Å². The largest absolute Gasteiger partial charge is 0.495 e. The maximum Gasteiger partial charge on any atom is 0.221 e. The van der Waals surface area contributed by atoms with Crippen molar-refractivity contribution in [2.24, 2.45) is 0 Å². The molecule has 76 valence electrons. The van der Waals surface area contributed by atoms with E-state index in [1.807, 2.05) is 6.07 Å². The van der Waals surface area contributed by atoms with E-state index >= 15 is 0 Å². The average Bonchev–Trinajstić information content (AvgIpc) is 2.15. The molecule has 0 aliphatic carbocycles. The third-order valence-corrected chi connectivity index (χ3v) is 2.31. The molecule has 0 unspecified atom stereocenters. The van der Waals surface area contributed by atoms with Crippen LogP contribution in [0.5, 0.6) is 5.75 Å². The van der Waals surface area contributed by atoms with Gasteiger partial charge in [-0.2, -0.15) is 0 Å². The normalized spacial score (nSPS) is 9.93. The van der Waals surface area contributed by atoms with Gasteiger partial charge in [0.25, 0.3) is 0 Å². The Balaban J connectivity index is 2.71. The molecule has 4 heteroatoms. The Hall–Kier alpha value is -0.730. The van der Waals surface area contributed by atoms with Crippen molar-refractivity contribution >= 4 is 28.4 Å². The van der Waals surface area contributed by atoms with E-state index in [4.69, 9.17) is 27.9 Å². The van der Waals surface area contributed by atoms with Crippen molar-refractivity contribution in [3.05, 3.63) is 28.8 Å². The van der Waals surface area contributed by atoms with E-state index in [-0.39, 0.29) is 5.24 Å². The summed E-state index contributed by atoms with van der Waals surface area (Å²) in [6, 6.07) is 5.42. The highest BCUT2D eigenvalue weighted by Gasteiger charge is 2.03. The van der Waals surface area contributed by atoms with Crippen LogP contribution in [0.2, 0.25) is 5.02 Å². The average molecular weight is 233 g/mol. The van der Waals surface area contributed by atoms with Crippen LogP contribution in [0.4, 0.5) is 0 Å². The number of aryl methyl sites for hydroxylation is 1. The van der Waals surface area contributed by atoms with Crippen molar-refractivity contribution in [2.75, 3.05) is 7.11 Å². The van der Waals surface area contributed by atoms with E-state index in [0.717, 1.165) is 5.56 Å². The number of carbonyl (C=O) groups excluding carboxylic acids is 1. The molecule has 0 heterocycles. The summed E-state index contributed by atoms with van der Waals surface area (Å²) in [5.74, 6) is 0.632. The molecule has 0 atom stereocenters. The molecule has 14 heavy (non-hydrogen) atoms. The SMILES string of the molecule is COc1ccc(CCC(=O)Cl)cc1Cl. The van der Waals surface area contributed by atoms with Crippen molar-refractivity contribution in [3.63, 3.8) is 0 Å². The standard InChI is InChI=1S/C10H10Cl2O2/c1-14-9-4-2-7(6-8(9)11)3-5-10(12)13/h2,4,6H,3,5H2,1H3. The Kier molecular flexibility index (Phi) is 4.23. The molecule has 2 nitrogen and oxygen atoms in total. The van der Waals surface area contributed by atoms with Gasteiger partial charge in [-0.15, -0.1) is 0 Å². The van der Waals surface area contributed by atoms with Crippen LogP contribution >= 0.6 is 23.2 Å². The predicted octanol–water partition coefficient (Wildman–Crippen LogP) is 3.05. The van der Waals surface area contributed by atoms with E-state index in [9.17, 15) is 4.79 Å². The first kappa shape index (κ1) is 11.3. The third kappa shape index (κ3) is 3.20. The van der Waals surface area contributed by atoms with Crippen LogP contribution in [0, 0.1) is 0 Å². The lowest BCUT2D eigenvalue weighted by molar-refractivity contribution is -0.111. The molecule has 0 saturated heterocycles. The van der Waals surface area contributed by atoms with Gasteiger partial charge in [0, 0.05) is 6.42 Å². The van der Waals surface area contributed by atoms with Gasteiger partial charge in [-0.1, -0.05) is 17.7 Å². The molecule has 0 amide bonds. The second-order valence-corrected chi connectivity index (χ2v) is 3.65. The maximum atomic E-state index is 10.5. The van der Waals surface area contributed by atoms with Crippen molar-refractivity contribution in [3.8, 4) is 5.75 Å². The Morgan fingerprint density at radius 1 is 1.50 bits per heavy atom. The Labute approximate surface area is 92.8 Å². The summed E-state index contributed by atoms with van der Waals surface area (Å²) in [6.45, 7) is 0. The molecule has 0 aromatic heterocycles. The second kappa shape index (κ2) is 5.23. The fourth-order valence-electron chi connectivity index (χ4n) is 1.11. The van der Waals surface area contributed by atoms with Gasteiger partial charge in [-0.05, 0) is 35.7 Å². The highest BCUT2D eigenvalue weighted by molar-refractivity contribution is 6.63. The summed E-state index contributed by atoms with van der Waals surface area (Å²) in [5.41, 5.74) is 0.977. The highest BCUT2D eigenvalue weighted by atomic mass is 35.5. The Morgan fingerprint density at radius 3 is 2.71 bits per heavy atom. The monoisotopic (exact) mass is 232 g/mol. The zero-order valence-corrected chi connectivity index (χ0v) is 9.23. The quantitative estimate of drug-likeness (QED) is 0.747. The fourth-order valence-corrected chi connectivity index (χ4v) is 1.48. The minimum Gasteiger partial charge on any atom is -0.495 e. The molecule has 0 spiro atoms. The Morgan fingerprint density at radius 2 is 2.21 bits per heavy atom. The minimum atomic E-state index is -0.336. The molecule has 1 aromatic rings. The van der Waals surface area contributed by atoms with E-state index < -0.39 is 0 Å². The van der Waals surface area contributed by atoms with Gasteiger partial charge in [0.05, 0.1) is 12.1 Å². The number of methoxy groups -OCH3 is 1. The van der Waals surface area contributed by atoms with E-state index in [0.29, 0.717) is 23.6 Å². The first-order valence-electron chi connectivity index (χ1n) is 4.14. The van der Waals surface area contributed by atoms with Crippen molar-refractivity contribution < 1.29 is 9.53 Å². The maximum absolute atomic E-state index is 10.5. The predicted molar refractivity (Wildman–Crippen MR) is 57.2 cm³/mol. The van der Waals surface area contributed by atoms with Gasteiger partial charge >= 0.3 is 0 Å². The molecule has 1 rings (SSSR count). The van der Waals surface area contributed by atoms with Gasteiger partial charge < -0.3 is 4.74 Å². The number of halogens is 2. The lowest BCUT2D eigenvalue weighted by Crippen LogP contribution is -1.92. The first-order valence-corrected chi connectivity index (χ1v) is 4.90. The van der Waals surface area contributed by atoms with Gasteiger partial charge in [0.2, 0.25) is 5.24 Å². The lowest BCUT2D eigenvalue weighted by atomic mass is 10.1. The van der Waals surface area contributed by atoms with Crippen LogP contribution in [0.3, 0.4) is 0 Å². The van der Waals surface area contributed by atoms with Crippen LogP contribution in [-0.4, -0.2) is 12.4 Å². The molecule has 0 N–H and O–H groups in total. The molecule has 1 aromatic carbocycles. The van der Waals surface area contributed by atoms with Crippen LogP contribution in [-0.2, 0) is 11.2 Å². The lowest BCUT2D eigenvalue weighted by Gasteiger charge is -2.04. The molecule has 0 aliphatic rings. The van der Waals surface area contributed by atoms with E-state index in [2.05, 4.69) is 0 Å². The molecule has 0 bridgehead atoms. The van der Waals surface area contributed by atoms with Crippen LogP contribution in [0.1, 0.15) is 12.0 Å². The molecule has 0 aliphatic heterocycles. The smallest absolute Gasteiger partial charge is 0.221 e. The Bertz CT molecular complexity index is 337. The zero-order valence-electron chi connectivity index (χ0n) is 7.72. The van der Waals surface area contributed by atoms with Crippen LogP contribution in [0.15, 0.2) is 18.2 Å².